The molecule has 1 aromatic carbocycles. The van der Waals surface area contributed by atoms with Gasteiger partial charge >= 0.3 is 0 Å². The average Bonchev–Trinajstić information content (AvgIpc) is 2.74. The fraction of sp³-hybridized carbons (Fsp3) is 0.481. The van der Waals surface area contributed by atoms with Gasteiger partial charge in [0.05, 0.1) is 0 Å². The standard InChI is InChI=1S/C27H39ClN2/c1-5-13-24(30(6-2)7-3)20-22(4)14-9-12-19-27(17-10-8-11-18-27)25-21-23(28)15-16-26(25)29/h5,9,12-16,20-21H,6-8,10-11,17-19,29H2,1-4H3/p+1/b12-9+,13-5-,22-14+,24-20+. The predicted molar refractivity (Wildman–Crippen MR) is 132 cm³/mol. The number of quaternary nitrogens is 1. The van der Waals surface area contributed by atoms with Gasteiger partial charge in [0.25, 0.3) is 0 Å². The second kappa shape index (κ2) is 12.2. The van der Waals surface area contributed by atoms with E-state index in [1.807, 2.05) is 6.07 Å². The maximum absolute atomic E-state index is 6.35. The summed E-state index contributed by atoms with van der Waals surface area (Å²) in [6, 6.07) is 6.18. The Hall–Kier alpha value is -1.77. The highest BCUT2D eigenvalue weighted by atomic mass is 35.5. The normalized spacial score (nSPS) is 17.8. The summed E-state index contributed by atoms with van der Waals surface area (Å²) in [5.41, 5.74) is 9.49. The zero-order valence-corrected chi connectivity index (χ0v) is 20.1. The lowest BCUT2D eigenvalue weighted by Crippen LogP contribution is -2.44. The third kappa shape index (κ3) is 6.62. The molecule has 1 aliphatic carbocycles. The Kier molecular flexibility index (Phi) is 9.94. The molecule has 0 aliphatic heterocycles. The molecule has 3 N–H and O–H groups in total. The monoisotopic (exact) mass is 427 g/mol. The molecule has 1 fully saturated rings. The minimum atomic E-state index is 0.172. The van der Waals surface area contributed by atoms with Gasteiger partial charge in [0, 0.05) is 40.9 Å². The van der Waals surface area contributed by atoms with E-state index in [1.165, 1.54) is 48.9 Å². The fourth-order valence-corrected chi connectivity index (χ4v) is 4.83. The molecule has 1 aromatic rings. The number of allylic oxidation sites excluding steroid dienone is 7. The maximum atomic E-state index is 6.35. The van der Waals surface area contributed by atoms with Crippen LogP contribution in [-0.2, 0) is 5.41 Å². The Morgan fingerprint density at radius 1 is 1.17 bits per heavy atom. The Balaban J connectivity index is 2.20. The molecule has 2 nitrogen and oxygen atoms in total. The first kappa shape index (κ1) is 24.5. The second-order valence-electron chi connectivity index (χ2n) is 8.43. The molecule has 0 spiro atoms. The lowest BCUT2D eigenvalue weighted by atomic mass is 9.67. The van der Waals surface area contributed by atoms with E-state index in [9.17, 15) is 0 Å². The Morgan fingerprint density at radius 3 is 2.50 bits per heavy atom. The molecule has 0 aromatic heterocycles. The van der Waals surface area contributed by atoms with Crippen LogP contribution in [0, 0.1) is 0 Å². The number of rotatable bonds is 9. The van der Waals surface area contributed by atoms with Crippen molar-refractivity contribution < 1.29 is 5.73 Å². The quantitative estimate of drug-likeness (QED) is 0.418. The van der Waals surface area contributed by atoms with E-state index in [0.717, 1.165) is 30.2 Å². The van der Waals surface area contributed by atoms with E-state index in [1.54, 1.807) is 0 Å². The first-order chi connectivity index (χ1) is 14.5. The molecule has 0 saturated heterocycles. The van der Waals surface area contributed by atoms with E-state index < -0.39 is 0 Å². The molecule has 0 radical (unpaired) electrons. The van der Waals surface area contributed by atoms with Gasteiger partial charge in [-0.05, 0) is 76.8 Å². The van der Waals surface area contributed by atoms with Gasteiger partial charge in [-0.1, -0.05) is 55.2 Å². The largest absolute Gasteiger partial charge is 0.372 e. The van der Waals surface area contributed by atoms with Crippen molar-refractivity contribution in [2.24, 2.45) is 0 Å². The van der Waals surface area contributed by atoms with Crippen molar-refractivity contribution in [3.8, 4) is 0 Å². The van der Waals surface area contributed by atoms with Crippen LogP contribution < -0.4 is 5.73 Å². The molecule has 0 bridgehead atoms. The van der Waals surface area contributed by atoms with Gasteiger partial charge in [0.1, 0.15) is 5.69 Å². The number of benzene rings is 1. The SMILES string of the molecule is C\C=C/C(=C\C(C)=C\C=C\CC1(c2cc(Cl)ccc2[NH3+])CCCCC1)N(CC)CC. The van der Waals surface area contributed by atoms with Gasteiger partial charge in [-0.2, -0.15) is 0 Å². The molecule has 0 amide bonds. The van der Waals surface area contributed by atoms with E-state index in [4.69, 9.17) is 11.6 Å². The van der Waals surface area contributed by atoms with Gasteiger partial charge in [-0.3, -0.25) is 0 Å². The van der Waals surface area contributed by atoms with E-state index in [-0.39, 0.29) is 5.41 Å². The number of likely N-dealkylation sites (N-methyl/N-ethyl adjacent to an activating group) is 1. The Labute approximate surface area is 189 Å². The molecule has 164 valence electrons. The van der Waals surface area contributed by atoms with Crippen LogP contribution in [0.1, 0.15) is 71.8 Å². The molecule has 2 rings (SSSR count). The van der Waals surface area contributed by atoms with Crippen molar-refractivity contribution in [3.63, 3.8) is 0 Å². The highest BCUT2D eigenvalue weighted by Gasteiger charge is 2.35. The number of halogens is 1. The third-order valence-electron chi connectivity index (χ3n) is 6.30. The second-order valence-corrected chi connectivity index (χ2v) is 8.86. The first-order valence-electron chi connectivity index (χ1n) is 11.5. The third-order valence-corrected chi connectivity index (χ3v) is 6.53. The van der Waals surface area contributed by atoms with Crippen LogP contribution in [0.2, 0.25) is 5.02 Å². The van der Waals surface area contributed by atoms with Crippen LogP contribution in [0.15, 0.2) is 65.9 Å². The average molecular weight is 428 g/mol. The molecule has 1 aliphatic rings. The van der Waals surface area contributed by atoms with Gasteiger partial charge < -0.3 is 10.6 Å². The summed E-state index contributed by atoms with van der Waals surface area (Å²) in [6.45, 7) is 10.7. The van der Waals surface area contributed by atoms with Crippen LogP contribution in [0.5, 0.6) is 0 Å². The van der Waals surface area contributed by atoms with Crippen molar-refractivity contribution >= 4 is 17.3 Å². The number of hydrogen-bond donors (Lipinski definition) is 1. The molecule has 0 atom stereocenters. The van der Waals surface area contributed by atoms with Crippen LogP contribution in [-0.4, -0.2) is 18.0 Å². The van der Waals surface area contributed by atoms with E-state index in [0.29, 0.717) is 0 Å². The summed E-state index contributed by atoms with van der Waals surface area (Å²) >= 11 is 6.35. The lowest BCUT2D eigenvalue weighted by molar-refractivity contribution is -0.256. The molecule has 3 heteroatoms. The minimum absolute atomic E-state index is 0.172. The smallest absolute Gasteiger partial charge is 0.131 e. The van der Waals surface area contributed by atoms with Crippen molar-refractivity contribution in [2.45, 2.75) is 71.6 Å². The molecular weight excluding hydrogens is 388 g/mol. The summed E-state index contributed by atoms with van der Waals surface area (Å²) in [6.07, 6.45) is 20.8. The Morgan fingerprint density at radius 2 is 1.87 bits per heavy atom. The van der Waals surface area contributed by atoms with E-state index in [2.05, 4.69) is 86.9 Å². The highest BCUT2D eigenvalue weighted by Crippen LogP contribution is 2.45. The fourth-order valence-electron chi connectivity index (χ4n) is 4.65. The van der Waals surface area contributed by atoms with Crippen molar-refractivity contribution in [3.05, 3.63) is 76.5 Å². The summed E-state index contributed by atoms with van der Waals surface area (Å²) in [4.78, 5) is 2.38. The van der Waals surface area contributed by atoms with Crippen molar-refractivity contribution in [2.75, 3.05) is 13.1 Å². The molecular formula is C27H40ClN2+. The van der Waals surface area contributed by atoms with Crippen LogP contribution >= 0.6 is 11.6 Å². The van der Waals surface area contributed by atoms with Gasteiger partial charge in [-0.25, -0.2) is 0 Å². The molecule has 0 heterocycles. The summed E-state index contributed by atoms with van der Waals surface area (Å²) in [5, 5.41) is 0.820. The number of nitrogens with zero attached hydrogens (tertiary/aromatic N) is 1. The topological polar surface area (TPSA) is 30.9 Å². The maximum Gasteiger partial charge on any atom is 0.131 e. The minimum Gasteiger partial charge on any atom is -0.372 e. The summed E-state index contributed by atoms with van der Waals surface area (Å²) in [5.74, 6) is 0. The highest BCUT2D eigenvalue weighted by molar-refractivity contribution is 6.30. The predicted octanol–water partition coefficient (Wildman–Crippen LogP) is 7.11. The van der Waals surface area contributed by atoms with Crippen LogP contribution in [0.3, 0.4) is 0 Å². The van der Waals surface area contributed by atoms with Crippen molar-refractivity contribution in [1.82, 2.24) is 4.90 Å². The van der Waals surface area contributed by atoms with Crippen molar-refractivity contribution in [1.29, 1.82) is 0 Å². The van der Waals surface area contributed by atoms with Crippen LogP contribution in [0.25, 0.3) is 0 Å². The van der Waals surface area contributed by atoms with Crippen LogP contribution in [0.4, 0.5) is 5.69 Å². The zero-order valence-electron chi connectivity index (χ0n) is 19.4. The number of hydrogen-bond acceptors (Lipinski definition) is 1. The molecule has 30 heavy (non-hydrogen) atoms. The van der Waals surface area contributed by atoms with Gasteiger partial charge in [0.15, 0.2) is 0 Å². The lowest BCUT2D eigenvalue weighted by Gasteiger charge is -2.37. The van der Waals surface area contributed by atoms with Gasteiger partial charge in [0.2, 0.25) is 0 Å². The summed E-state index contributed by atoms with van der Waals surface area (Å²) in [7, 11) is 0. The molecule has 1 saturated carbocycles. The Bertz CT molecular complexity index is 791. The summed E-state index contributed by atoms with van der Waals surface area (Å²) < 4.78 is 0. The first-order valence-corrected chi connectivity index (χ1v) is 11.9. The van der Waals surface area contributed by atoms with Gasteiger partial charge in [-0.15, -0.1) is 0 Å². The zero-order chi connectivity index (χ0) is 22.0. The molecule has 0 unspecified atom stereocenters. The van der Waals surface area contributed by atoms with E-state index >= 15 is 0 Å².